The molecule has 0 bridgehead atoms. The second-order valence-electron chi connectivity index (χ2n) is 4.45. The highest BCUT2D eigenvalue weighted by molar-refractivity contribution is 6.06. The zero-order chi connectivity index (χ0) is 17.5. The summed E-state index contributed by atoms with van der Waals surface area (Å²) in [5.74, 6) is -1.79. The molecule has 24 heavy (non-hydrogen) atoms. The summed E-state index contributed by atoms with van der Waals surface area (Å²) in [6.45, 7) is -0.576. The Morgan fingerprint density at radius 2 is 1.92 bits per heavy atom. The number of nitrogens with zero attached hydrogens (tertiary/aromatic N) is 2. The predicted octanol–water partition coefficient (Wildman–Crippen LogP) is 1.33. The van der Waals surface area contributed by atoms with Gasteiger partial charge in [0, 0.05) is 0 Å². The summed E-state index contributed by atoms with van der Waals surface area (Å²) in [5, 5.41) is 12.9. The summed E-state index contributed by atoms with van der Waals surface area (Å²) in [5.41, 5.74) is 0.181. The number of aromatic nitrogens is 1. The van der Waals surface area contributed by atoms with Gasteiger partial charge < -0.3 is 19.6 Å². The van der Waals surface area contributed by atoms with Gasteiger partial charge in [-0.05, 0) is 34.2 Å². The lowest BCUT2D eigenvalue weighted by molar-refractivity contribution is -0.390. The van der Waals surface area contributed by atoms with Gasteiger partial charge in [0.05, 0.1) is 12.7 Å². The smallest absolute Gasteiger partial charge is 0.406 e. The molecule has 0 unspecified atom stereocenters. The summed E-state index contributed by atoms with van der Waals surface area (Å²) in [6, 6.07) is 9.11. The lowest BCUT2D eigenvalue weighted by atomic mass is 10.2. The van der Waals surface area contributed by atoms with Crippen LogP contribution in [0.2, 0.25) is 0 Å². The van der Waals surface area contributed by atoms with Crippen molar-refractivity contribution in [1.29, 1.82) is 0 Å². The molecule has 0 atom stereocenters. The van der Waals surface area contributed by atoms with Gasteiger partial charge in [-0.3, -0.25) is 14.9 Å². The first-order valence-electron chi connectivity index (χ1n) is 6.72. The van der Waals surface area contributed by atoms with Crippen molar-refractivity contribution in [3.63, 3.8) is 0 Å². The molecule has 2 rings (SSSR count). The van der Waals surface area contributed by atoms with Crippen molar-refractivity contribution in [3.05, 3.63) is 58.3 Å². The van der Waals surface area contributed by atoms with E-state index in [-0.39, 0.29) is 11.3 Å². The zero-order valence-corrected chi connectivity index (χ0v) is 12.6. The molecule has 0 saturated heterocycles. The van der Waals surface area contributed by atoms with E-state index in [0.29, 0.717) is 5.75 Å². The first kappa shape index (κ1) is 16.9. The zero-order valence-electron chi connectivity index (χ0n) is 12.6. The molecule has 9 heteroatoms. The quantitative estimate of drug-likeness (QED) is 0.626. The van der Waals surface area contributed by atoms with Crippen LogP contribution in [0.1, 0.15) is 10.4 Å². The first-order valence-corrected chi connectivity index (χ1v) is 6.72. The minimum atomic E-state index is -0.760. The van der Waals surface area contributed by atoms with Gasteiger partial charge in [0.2, 0.25) is 5.75 Å². The molecule has 9 nitrogen and oxygen atoms in total. The third-order valence-corrected chi connectivity index (χ3v) is 2.89. The van der Waals surface area contributed by atoms with Gasteiger partial charge in [0.1, 0.15) is 11.9 Å². The average Bonchev–Trinajstić information content (AvgIpc) is 2.60. The van der Waals surface area contributed by atoms with Crippen LogP contribution in [0, 0.1) is 10.1 Å². The second-order valence-corrected chi connectivity index (χ2v) is 4.45. The van der Waals surface area contributed by atoms with E-state index in [2.05, 4.69) is 10.3 Å². The molecule has 2 aromatic rings. The Morgan fingerprint density at radius 3 is 2.62 bits per heavy atom. The molecular weight excluding hydrogens is 318 g/mol. The molecule has 124 valence electrons. The summed E-state index contributed by atoms with van der Waals surface area (Å²) in [7, 11) is 1.40. The molecule has 0 saturated carbocycles. The number of hydrogen-bond acceptors (Lipinski definition) is 7. The van der Waals surface area contributed by atoms with Crippen LogP contribution in [0.5, 0.6) is 11.5 Å². The van der Waals surface area contributed by atoms with Crippen molar-refractivity contribution >= 4 is 17.6 Å². The molecule has 1 N–H and O–H groups in total. The number of methoxy groups -OCH3 is 1. The van der Waals surface area contributed by atoms with Crippen LogP contribution in [-0.2, 0) is 4.79 Å². The fourth-order valence-electron chi connectivity index (χ4n) is 1.84. The van der Waals surface area contributed by atoms with E-state index < -0.39 is 29.2 Å². The number of ether oxygens (including phenoxy) is 2. The van der Waals surface area contributed by atoms with Gasteiger partial charge in [-0.2, -0.15) is 0 Å². The number of imide groups is 1. The van der Waals surface area contributed by atoms with Crippen LogP contribution in [0.25, 0.3) is 0 Å². The predicted molar refractivity (Wildman–Crippen MR) is 81.9 cm³/mol. The van der Waals surface area contributed by atoms with Crippen LogP contribution in [-0.4, -0.2) is 35.4 Å². The number of carbonyl (C=O) groups excluding carboxylic acids is 2. The molecule has 0 aliphatic carbocycles. The van der Waals surface area contributed by atoms with Crippen LogP contribution < -0.4 is 14.8 Å². The lowest BCUT2D eigenvalue weighted by Crippen LogP contribution is -2.34. The lowest BCUT2D eigenvalue weighted by Gasteiger charge is -2.09. The first-order chi connectivity index (χ1) is 11.5. The van der Waals surface area contributed by atoms with Crippen LogP contribution in [0.15, 0.2) is 42.6 Å². The standard InChI is InChI=1S/C15H13N3O6/c1-23-11-6-3-2-5-10(11)15(20)17-13(19)9-24-12-7-4-8-16-14(12)18(21)22/h2-8H,9H2,1H3,(H,17,19,20). The third kappa shape index (κ3) is 4.03. The summed E-state index contributed by atoms with van der Waals surface area (Å²) in [6.07, 6.45) is 1.23. The summed E-state index contributed by atoms with van der Waals surface area (Å²) < 4.78 is 10.1. The van der Waals surface area contributed by atoms with Crippen molar-refractivity contribution in [2.45, 2.75) is 0 Å². The average molecular weight is 331 g/mol. The van der Waals surface area contributed by atoms with Crippen molar-refractivity contribution in [2.24, 2.45) is 0 Å². The number of nitro groups is 1. The molecule has 0 aliphatic heterocycles. The minimum Gasteiger partial charge on any atom is -0.496 e. The van der Waals surface area contributed by atoms with Crippen LogP contribution >= 0.6 is 0 Å². The van der Waals surface area contributed by atoms with E-state index in [1.54, 1.807) is 18.2 Å². The molecule has 0 spiro atoms. The molecule has 1 aromatic heterocycles. The molecule has 0 fully saturated rings. The molecule has 1 aromatic carbocycles. The SMILES string of the molecule is COc1ccccc1C(=O)NC(=O)COc1cccnc1[N+](=O)[O-]. The Bertz CT molecular complexity index is 777. The monoisotopic (exact) mass is 331 g/mol. The van der Waals surface area contributed by atoms with Gasteiger partial charge in [-0.15, -0.1) is 0 Å². The van der Waals surface area contributed by atoms with Crippen molar-refractivity contribution in [2.75, 3.05) is 13.7 Å². The number of hydrogen-bond donors (Lipinski definition) is 1. The number of para-hydroxylation sites is 1. The summed E-state index contributed by atoms with van der Waals surface area (Å²) in [4.78, 5) is 37.4. The molecule has 0 radical (unpaired) electrons. The fraction of sp³-hybridized carbons (Fsp3) is 0.133. The topological polar surface area (TPSA) is 121 Å². The van der Waals surface area contributed by atoms with E-state index >= 15 is 0 Å². The number of benzene rings is 1. The maximum absolute atomic E-state index is 12.0. The second kappa shape index (κ2) is 7.68. The van der Waals surface area contributed by atoms with E-state index in [0.717, 1.165) is 0 Å². The van der Waals surface area contributed by atoms with Gasteiger partial charge in [-0.1, -0.05) is 12.1 Å². The summed E-state index contributed by atoms with van der Waals surface area (Å²) >= 11 is 0. The Balaban J connectivity index is 1.99. The van der Waals surface area contributed by atoms with Crippen molar-refractivity contribution in [1.82, 2.24) is 10.3 Å². The van der Waals surface area contributed by atoms with Gasteiger partial charge in [0.15, 0.2) is 6.61 Å². The highest BCUT2D eigenvalue weighted by atomic mass is 16.6. The highest BCUT2D eigenvalue weighted by Gasteiger charge is 2.18. The Kier molecular flexibility index (Phi) is 5.40. The number of pyridine rings is 1. The van der Waals surface area contributed by atoms with E-state index in [1.165, 1.54) is 31.5 Å². The Hall–Kier alpha value is -3.49. The number of amides is 2. The molecular formula is C15H13N3O6. The fourth-order valence-corrected chi connectivity index (χ4v) is 1.84. The molecule has 0 aliphatic rings. The minimum absolute atomic E-state index is 0.164. The van der Waals surface area contributed by atoms with E-state index in [1.807, 2.05) is 0 Å². The number of nitrogens with one attached hydrogen (secondary N) is 1. The van der Waals surface area contributed by atoms with E-state index in [9.17, 15) is 19.7 Å². The van der Waals surface area contributed by atoms with Crippen molar-refractivity contribution < 1.29 is 24.0 Å². The Labute approximate surface area is 136 Å². The normalized spacial score (nSPS) is 9.88. The third-order valence-electron chi connectivity index (χ3n) is 2.89. The van der Waals surface area contributed by atoms with Gasteiger partial charge in [0.25, 0.3) is 11.8 Å². The molecule has 2 amide bonds. The van der Waals surface area contributed by atoms with Crippen LogP contribution in [0.3, 0.4) is 0 Å². The number of carbonyl (C=O) groups is 2. The van der Waals surface area contributed by atoms with Gasteiger partial charge >= 0.3 is 5.82 Å². The van der Waals surface area contributed by atoms with Crippen molar-refractivity contribution in [3.8, 4) is 11.5 Å². The number of rotatable bonds is 6. The van der Waals surface area contributed by atoms with Crippen LogP contribution in [0.4, 0.5) is 5.82 Å². The molecule has 1 heterocycles. The Morgan fingerprint density at radius 1 is 1.21 bits per heavy atom. The maximum Gasteiger partial charge on any atom is 0.406 e. The van der Waals surface area contributed by atoms with Gasteiger partial charge in [-0.25, -0.2) is 0 Å². The largest absolute Gasteiger partial charge is 0.496 e. The van der Waals surface area contributed by atoms with E-state index in [4.69, 9.17) is 9.47 Å². The highest BCUT2D eigenvalue weighted by Crippen LogP contribution is 2.22. The maximum atomic E-state index is 12.0.